The van der Waals surface area contributed by atoms with Crippen molar-refractivity contribution in [2.24, 2.45) is 0 Å². The largest absolute Gasteiger partial charge is 0.462 e. The van der Waals surface area contributed by atoms with Gasteiger partial charge in [0.05, 0.1) is 35.6 Å². The fourth-order valence-corrected chi connectivity index (χ4v) is 3.84. The lowest BCUT2D eigenvalue weighted by atomic mass is 10.1. The number of nitrogens with zero attached hydrogens (tertiary/aromatic N) is 3. The maximum absolute atomic E-state index is 12.8. The second-order valence-corrected chi connectivity index (χ2v) is 7.49. The van der Waals surface area contributed by atoms with E-state index in [1.54, 1.807) is 23.7 Å². The zero-order valence-electron chi connectivity index (χ0n) is 17.8. The second kappa shape index (κ2) is 9.04. The predicted octanol–water partition coefficient (Wildman–Crippen LogP) is 4.21. The second-order valence-electron chi connectivity index (χ2n) is 7.49. The normalized spacial score (nSPS) is 13.3. The summed E-state index contributed by atoms with van der Waals surface area (Å²) in [6.07, 6.45) is 3.85. The van der Waals surface area contributed by atoms with Crippen LogP contribution >= 0.6 is 0 Å². The van der Waals surface area contributed by atoms with E-state index in [0.29, 0.717) is 23.4 Å². The third kappa shape index (κ3) is 4.30. The van der Waals surface area contributed by atoms with Crippen molar-refractivity contribution in [3.05, 3.63) is 71.5 Å². The number of aromatic nitrogens is 2. The van der Waals surface area contributed by atoms with Crippen LogP contribution in [0.3, 0.4) is 0 Å². The molecule has 160 valence electrons. The van der Waals surface area contributed by atoms with Crippen LogP contribution in [0.15, 0.2) is 54.7 Å². The third-order valence-corrected chi connectivity index (χ3v) is 5.48. The van der Waals surface area contributed by atoms with Crippen molar-refractivity contribution < 1.29 is 14.3 Å². The molecule has 7 heteroatoms. The van der Waals surface area contributed by atoms with Crippen molar-refractivity contribution >= 4 is 23.3 Å². The molecule has 31 heavy (non-hydrogen) atoms. The number of esters is 1. The first-order valence-electron chi connectivity index (χ1n) is 10.6. The molecule has 0 unspecified atom stereocenters. The smallest absolute Gasteiger partial charge is 0.341 e. The molecule has 1 amide bonds. The van der Waals surface area contributed by atoms with E-state index in [-0.39, 0.29) is 11.9 Å². The van der Waals surface area contributed by atoms with Gasteiger partial charge >= 0.3 is 5.97 Å². The number of para-hydroxylation sites is 2. The molecule has 0 spiro atoms. The average Bonchev–Trinajstić information content (AvgIpc) is 3.44. The van der Waals surface area contributed by atoms with Crippen molar-refractivity contribution in [2.75, 3.05) is 29.9 Å². The summed E-state index contributed by atoms with van der Waals surface area (Å²) in [7, 11) is 0. The molecule has 0 bridgehead atoms. The summed E-state index contributed by atoms with van der Waals surface area (Å²) in [5, 5.41) is 7.34. The lowest BCUT2D eigenvalue weighted by molar-refractivity contribution is 0.0525. The van der Waals surface area contributed by atoms with Crippen molar-refractivity contribution in [3.8, 4) is 5.69 Å². The number of hydrogen-bond acceptors (Lipinski definition) is 5. The maximum atomic E-state index is 12.8. The van der Waals surface area contributed by atoms with Gasteiger partial charge in [0.1, 0.15) is 5.56 Å². The number of carbonyl (C=O) groups excluding carboxylic acids is 2. The van der Waals surface area contributed by atoms with Gasteiger partial charge in [-0.1, -0.05) is 12.1 Å². The zero-order chi connectivity index (χ0) is 21.8. The van der Waals surface area contributed by atoms with Crippen molar-refractivity contribution in [3.63, 3.8) is 0 Å². The highest BCUT2D eigenvalue weighted by Crippen LogP contribution is 2.29. The Morgan fingerprint density at radius 1 is 1.06 bits per heavy atom. The minimum atomic E-state index is -0.390. The number of hydrogen-bond donors (Lipinski definition) is 1. The monoisotopic (exact) mass is 418 g/mol. The van der Waals surface area contributed by atoms with Gasteiger partial charge in [-0.15, -0.1) is 0 Å². The van der Waals surface area contributed by atoms with Crippen LogP contribution in [-0.2, 0) is 4.74 Å². The summed E-state index contributed by atoms with van der Waals surface area (Å²) in [6, 6.07) is 15.1. The van der Waals surface area contributed by atoms with Gasteiger partial charge in [-0.25, -0.2) is 9.48 Å². The Balaban J connectivity index is 1.51. The van der Waals surface area contributed by atoms with E-state index in [1.807, 2.05) is 43.3 Å². The number of rotatable bonds is 6. The maximum Gasteiger partial charge on any atom is 0.341 e. The number of amides is 1. The molecule has 3 aromatic rings. The number of benzene rings is 2. The van der Waals surface area contributed by atoms with Crippen LogP contribution in [-0.4, -0.2) is 41.4 Å². The molecule has 4 rings (SSSR count). The van der Waals surface area contributed by atoms with Gasteiger partial charge in [-0.2, -0.15) is 5.10 Å². The summed E-state index contributed by atoms with van der Waals surface area (Å²) in [4.78, 5) is 27.2. The Morgan fingerprint density at radius 2 is 1.77 bits per heavy atom. The first-order chi connectivity index (χ1) is 15.1. The van der Waals surface area contributed by atoms with Crippen molar-refractivity contribution in [1.29, 1.82) is 0 Å². The molecule has 1 aliphatic heterocycles. The van der Waals surface area contributed by atoms with Crippen LogP contribution in [0.5, 0.6) is 0 Å². The summed E-state index contributed by atoms with van der Waals surface area (Å²) in [5.74, 6) is -0.554. The average molecular weight is 418 g/mol. The minimum absolute atomic E-state index is 0.164. The standard InChI is InChI=1S/C24H26N4O3/c1-3-31-24(30)20-16-25-28(17(20)2)19-12-10-18(11-13-19)23(29)26-21-8-4-5-9-22(21)27-14-6-7-15-27/h4-5,8-13,16H,3,6-7,14-15H2,1-2H3,(H,26,29). The van der Waals surface area contributed by atoms with Gasteiger partial charge < -0.3 is 15.0 Å². The molecule has 1 aliphatic rings. The van der Waals surface area contributed by atoms with E-state index >= 15 is 0 Å². The Labute approximate surface area is 181 Å². The Bertz CT molecular complexity index is 1080. The Hall–Kier alpha value is -3.61. The number of carbonyl (C=O) groups is 2. The summed E-state index contributed by atoms with van der Waals surface area (Å²) >= 11 is 0. The molecule has 1 N–H and O–H groups in total. The number of nitrogens with one attached hydrogen (secondary N) is 1. The molecule has 0 radical (unpaired) electrons. The van der Waals surface area contributed by atoms with Crippen LogP contribution in [0.1, 0.15) is 46.2 Å². The highest BCUT2D eigenvalue weighted by atomic mass is 16.5. The van der Waals surface area contributed by atoms with Gasteiger partial charge in [0.15, 0.2) is 0 Å². The van der Waals surface area contributed by atoms with Gasteiger partial charge in [0.2, 0.25) is 0 Å². The van der Waals surface area contributed by atoms with Crippen molar-refractivity contribution in [1.82, 2.24) is 9.78 Å². The predicted molar refractivity (Wildman–Crippen MR) is 120 cm³/mol. The lowest BCUT2D eigenvalue weighted by Crippen LogP contribution is -2.21. The van der Waals surface area contributed by atoms with Crippen LogP contribution in [0.25, 0.3) is 5.69 Å². The number of ether oxygens (including phenoxy) is 1. The molecule has 1 saturated heterocycles. The molecule has 1 fully saturated rings. The summed E-state index contributed by atoms with van der Waals surface area (Å²) in [5.41, 5.74) is 4.32. The molecule has 2 heterocycles. The molecule has 2 aromatic carbocycles. The van der Waals surface area contributed by atoms with E-state index in [0.717, 1.165) is 30.2 Å². The van der Waals surface area contributed by atoms with Crippen molar-refractivity contribution in [2.45, 2.75) is 26.7 Å². The Morgan fingerprint density at radius 3 is 2.48 bits per heavy atom. The van der Waals surface area contributed by atoms with Gasteiger partial charge in [-0.3, -0.25) is 4.79 Å². The molecule has 1 aromatic heterocycles. The van der Waals surface area contributed by atoms with Crippen LogP contribution in [0.2, 0.25) is 0 Å². The zero-order valence-corrected chi connectivity index (χ0v) is 17.8. The van der Waals surface area contributed by atoms with Crippen LogP contribution in [0, 0.1) is 6.92 Å². The van der Waals surface area contributed by atoms with Gasteiger partial charge in [-0.05, 0) is 63.1 Å². The quantitative estimate of drug-likeness (QED) is 0.607. The minimum Gasteiger partial charge on any atom is -0.462 e. The SMILES string of the molecule is CCOC(=O)c1cnn(-c2ccc(C(=O)Nc3ccccc3N3CCCC3)cc2)c1C. The molecular weight excluding hydrogens is 392 g/mol. The topological polar surface area (TPSA) is 76.5 Å². The highest BCUT2D eigenvalue weighted by Gasteiger charge is 2.18. The van der Waals surface area contributed by atoms with E-state index in [2.05, 4.69) is 15.3 Å². The van der Waals surface area contributed by atoms with E-state index < -0.39 is 0 Å². The van der Waals surface area contributed by atoms with Gasteiger partial charge in [0, 0.05) is 18.7 Å². The third-order valence-electron chi connectivity index (χ3n) is 5.48. The molecule has 0 atom stereocenters. The highest BCUT2D eigenvalue weighted by molar-refractivity contribution is 6.06. The number of anilines is 2. The van der Waals surface area contributed by atoms with E-state index in [9.17, 15) is 9.59 Å². The van der Waals surface area contributed by atoms with E-state index in [1.165, 1.54) is 19.0 Å². The van der Waals surface area contributed by atoms with Crippen LogP contribution in [0.4, 0.5) is 11.4 Å². The van der Waals surface area contributed by atoms with Gasteiger partial charge in [0.25, 0.3) is 5.91 Å². The first-order valence-corrected chi connectivity index (χ1v) is 10.6. The summed E-state index contributed by atoms with van der Waals surface area (Å²) < 4.78 is 6.73. The first kappa shape index (κ1) is 20.7. The lowest BCUT2D eigenvalue weighted by Gasteiger charge is -2.21. The molecule has 0 aliphatic carbocycles. The Kier molecular flexibility index (Phi) is 6.02. The fourth-order valence-electron chi connectivity index (χ4n) is 3.84. The fraction of sp³-hybridized carbons (Fsp3) is 0.292. The molecule has 7 nitrogen and oxygen atoms in total. The molecular formula is C24H26N4O3. The molecule has 0 saturated carbocycles. The van der Waals surface area contributed by atoms with Crippen LogP contribution < -0.4 is 10.2 Å². The van der Waals surface area contributed by atoms with E-state index in [4.69, 9.17) is 4.74 Å². The summed E-state index contributed by atoms with van der Waals surface area (Å²) in [6.45, 7) is 5.92.